The molecule has 0 fully saturated rings. The maximum absolute atomic E-state index is 11.9. The summed E-state index contributed by atoms with van der Waals surface area (Å²) in [6.07, 6.45) is 3.55. The van der Waals surface area contributed by atoms with Gasteiger partial charge in [0.15, 0.2) is 0 Å². The zero-order valence-corrected chi connectivity index (χ0v) is 10.6. The Bertz CT molecular complexity index is 579. The second-order valence-electron chi connectivity index (χ2n) is 3.94. The lowest BCUT2D eigenvalue weighted by Gasteiger charge is -2.05. The van der Waals surface area contributed by atoms with Crippen molar-refractivity contribution >= 4 is 23.2 Å². The molecule has 0 aliphatic carbocycles. The number of hydrogen-bond acceptors (Lipinski definition) is 3. The first-order valence-electron chi connectivity index (χ1n) is 5.37. The number of halogens is 1. The smallest absolute Gasteiger partial charge is 0.251 e. The van der Waals surface area contributed by atoms with Crippen LogP contribution in [0.5, 0.6) is 0 Å². The molecule has 0 spiro atoms. The zero-order valence-electron chi connectivity index (χ0n) is 9.85. The Kier molecular flexibility index (Phi) is 3.53. The van der Waals surface area contributed by atoms with E-state index in [4.69, 9.17) is 17.3 Å². The number of carbonyl (C=O) groups excluding carboxylic acids is 1. The fourth-order valence-electron chi connectivity index (χ4n) is 1.53. The van der Waals surface area contributed by atoms with Gasteiger partial charge in [0.2, 0.25) is 0 Å². The van der Waals surface area contributed by atoms with Crippen LogP contribution in [-0.4, -0.2) is 15.7 Å². The van der Waals surface area contributed by atoms with E-state index < -0.39 is 0 Å². The number of nitrogens with zero attached hydrogens (tertiary/aromatic N) is 2. The van der Waals surface area contributed by atoms with Crippen molar-refractivity contribution in [1.82, 2.24) is 15.1 Å². The molecule has 0 saturated carbocycles. The second kappa shape index (κ2) is 5.10. The van der Waals surface area contributed by atoms with Crippen molar-refractivity contribution in [3.8, 4) is 0 Å². The van der Waals surface area contributed by atoms with Crippen molar-refractivity contribution in [2.45, 2.75) is 6.54 Å². The Morgan fingerprint density at radius 3 is 2.94 bits per heavy atom. The molecule has 0 bridgehead atoms. The molecular weight excluding hydrogens is 252 g/mol. The van der Waals surface area contributed by atoms with Crippen LogP contribution in [0.15, 0.2) is 30.6 Å². The van der Waals surface area contributed by atoms with E-state index in [1.54, 1.807) is 29.1 Å². The lowest BCUT2D eigenvalue weighted by molar-refractivity contribution is 0.0951. The Morgan fingerprint density at radius 2 is 2.33 bits per heavy atom. The average molecular weight is 265 g/mol. The first kappa shape index (κ1) is 12.4. The summed E-state index contributed by atoms with van der Waals surface area (Å²) >= 11 is 5.79. The monoisotopic (exact) mass is 264 g/mol. The second-order valence-corrected chi connectivity index (χ2v) is 4.35. The molecular formula is C12H13ClN4O. The number of aromatic nitrogens is 2. The number of benzene rings is 1. The molecule has 2 aromatic rings. The molecule has 6 heteroatoms. The predicted octanol–water partition coefficient (Wildman–Crippen LogP) is 1.59. The summed E-state index contributed by atoms with van der Waals surface area (Å²) in [6, 6.07) is 4.80. The van der Waals surface area contributed by atoms with Gasteiger partial charge in [0.1, 0.15) is 0 Å². The van der Waals surface area contributed by atoms with Gasteiger partial charge >= 0.3 is 0 Å². The maximum Gasteiger partial charge on any atom is 0.251 e. The summed E-state index contributed by atoms with van der Waals surface area (Å²) in [7, 11) is 1.82. The molecule has 1 heterocycles. The van der Waals surface area contributed by atoms with E-state index in [0.29, 0.717) is 22.8 Å². The van der Waals surface area contributed by atoms with Crippen LogP contribution in [0.1, 0.15) is 15.9 Å². The highest BCUT2D eigenvalue weighted by Crippen LogP contribution is 2.19. The molecule has 94 valence electrons. The average Bonchev–Trinajstić information content (AvgIpc) is 2.75. The van der Waals surface area contributed by atoms with Gasteiger partial charge in [-0.3, -0.25) is 9.48 Å². The zero-order chi connectivity index (χ0) is 13.1. The van der Waals surface area contributed by atoms with Gasteiger partial charge < -0.3 is 11.1 Å². The summed E-state index contributed by atoms with van der Waals surface area (Å²) in [5, 5.41) is 7.25. The van der Waals surface area contributed by atoms with Gasteiger partial charge in [-0.2, -0.15) is 5.10 Å². The topological polar surface area (TPSA) is 72.9 Å². The van der Waals surface area contributed by atoms with Crippen LogP contribution in [0.3, 0.4) is 0 Å². The normalized spacial score (nSPS) is 10.3. The van der Waals surface area contributed by atoms with Crippen LogP contribution in [0.4, 0.5) is 5.69 Å². The van der Waals surface area contributed by atoms with E-state index in [-0.39, 0.29) is 5.91 Å². The summed E-state index contributed by atoms with van der Waals surface area (Å²) in [4.78, 5) is 11.9. The van der Waals surface area contributed by atoms with Gasteiger partial charge in [0.05, 0.1) is 16.9 Å². The molecule has 1 amide bonds. The molecule has 0 atom stereocenters. The number of amides is 1. The third-order valence-electron chi connectivity index (χ3n) is 2.47. The number of nitrogen functional groups attached to an aromatic ring is 1. The summed E-state index contributed by atoms with van der Waals surface area (Å²) in [5.74, 6) is -0.192. The molecule has 18 heavy (non-hydrogen) atoms. The Morgan fingerprint density at radius 1 is 1.56 bits per heavy atom. The third kappa shape index (κ3) is 2.81. The minimum absolute atomic E-state index is 0.192. The van der Waals surface area contributed by atoms with Crippen LogP contribution in [-0.2, 0) is 13.6 Å². The third-order valence-corrected chi connectivity index (χ3v) is 2.81. The van der Waals surface area contributed by atoms with Crippen molar-refractivity contribution in [2.24, 2.45) is 7.05 Å². The van der Waals surface area contributed by atoms with E-state index >= 15 is 0 Å². The van der Waals surface area contributed by atoms with Gasteiger partial charge in [-0.15, -0.1) is 0 Å². The molecule has 0 radical (unpaired) electrons. The van der Waals surface area contributed by atoms with Gasteiger partial charge in [0.25, 0.3) is 5.91 Å². The Labute approximate surface area is 110 Å². The molecule has 5 nitrogen and oxygen atoms in total. The first-order valence-corrected chi connectivity index (χ1v) is 5.75. The van der Waals surface area contributed by atoms with Crippen LogP contribution >= 0.6 is 11.6 Å². The first-order chi connectivity index (χ1) is 8.56. The van der Waals surface area contributed by atoms with E-state index in [0.717, 1.165) is 5.56 Å². The summed E-state index contributed by atoms with van der Waals surface area (Å²) in [5.41, 5.74) is 7.46. The number of anilines is 1. The fourth-order valence-corrected chi connectivity index (χ4v) is 1.65. The number of nitrogens with two attached hydrogens (primary N) is 1. The largest absolute Gasteiger partial charge is 0.398 e. The van der Waals surface area contributed by atoms with Gasteiger partial charge in [-0.05, 0) is 18.2 Å². The molecule has 0 saturated heterocycles. The van der Waals surface area contributed by atoms with Gasteiger partial charge in [0, 0.05) is 30.9 Å². The molecule has 0 unspecified atom stereocenters. The minimum atomic E-state index is -0.192. The van der Waals surface area contributed by atoms with Gasteiger partial charge in [-0.1, -0.05) is 11.6 Å². The molecule has 2 rings (SSSR count). The highest BCUT2D eigenvalue weighted by molar-refractivity contribution is 6.33. The van der Waals surface area contributed by atoms with E-state index in [9.17, 15) is 4.79 Å². The molecule has 3 N–H and O–H groups in total. The number of aryl methyl sites for hydroxylation is 1. The number of nitrogens with one attached hydrogen (secondary N) is 1. The van der Waals surface area contributed by atoms with Crippen LogP contribution in [0, 0.1) is 0 Å². The highest BCUT2D eigenvalue weighted by Gasteiger charge is 2.07. The SMILES string of the molecule is Cn1cc(CNC(=O)c2ccc(Cl)c(N)c2)cn1. The lowest BCUT2D eigenvalue weighted by Crippen LogP contribution is -2.22. The summed E-state index contributed by atoms with van der Waals surface area (Å²) in [6.45, 7) is 0.426. The highest BCUT2D eigenvalue weighted by atomic mass is 35.5. The van der Waals surface area contributed by atoms with Gasteiger partial charge in [-0.25, -0.2) is 0 Å². The van der Waals surface area contributed by atoms with Crippen molar-refractivity contribution in [3.63, 3.8) is 0 Å². The van der Waals surface area contributed by atoms with Crippen LogP contribution in [0.2, 0.25) is 5.02 Å². The minimum Gasteiger partial charge on any atom is -0.398 e. The van der Waals surface area contributed by atoms with E-state index in [2.05, 4.69) is 10.4 Å². The van der Waals surface area contributed by atoms with Crippen LogP contribution < -0.4 is 11.1 Å². The van der Waals surface area contributed by atoms with Crippen molar-refractivity contribution in [3.05, 3.63) is 46.7 Å². The Hall–Kier alpha value is -2.01. The van der Waals surface area contributed by atoms with E-state index in [1.165, 1.54) is 0 Å². The van der Waals surface area contributed by atoms with Crippen molar-refractivity contribution in [1.29, 1.82) is 0 Å². The molecule has 1 aromatic carbocycles. The maximum atomic E-state index is 11.9. The number of rotatable bonds is 3. The standard InChI is InChI=1S/C12H13ClN4O/c1-17-7-8(6-16-17)5-15-12(18)9-2-3-10(13)11(14)4-9/h2-4,6-7H,5,14H2,1H3,(H,15,18). The Balaban J connectivity index is 2.01. The number of carbonyl (C=O) groups is 1. The summed E-state index contributed by atoms with van der Waals surface area (Å²) < 4.78 is 1.68. The fraction of sp³-hybridized carbons (Fsp3) is 0.167. The molecule has 0 aliphatic heterocycles. The van der Waals surface area contributed by atoms with Crippen molar-refractivity contribution < 1.29 is 4.79 Å². The number of hydrogen-bond donors (Lipinski definition) is 2. The quantitative estimate of drug-likeness (QED) is 0.827. The molecule has 1 aromatic heterocycles. The van der Waals surface area contributed by atoms with Crippen molar-refractivity contribution in [2.75, 3.05) is 5.73 Å². The molecule has 0 aliphatic rings. The van der Waals surface area contributed by atoms with Crippen LogP contribution in [0.25, 0.3) is 0 Å². The lowest BCUT2D eigenvalue weighted by atomic mass is 10.2. The predicted molar refractivity (Wildman–Crippen MR) is 70.2 cm³/mol. The van der Waals surface area contributed by atoms with E-state index in [1.807, 2.05) is 13.2 Å².